The Bertz CT molecular complexity index is 626. The summed E-state index contributed by atoms with van der Waals surface area (Å²) in [5.74, 6) is -0.361. The molecule has 0 aliphatic carbocycles. The summed E-state index contributed by atoms with van der Waals surface area (Å²) in [6.45, 7) is 0. The molecule has 0 saturated carbocycles. The zero-order valence-corrected chi connectivity index (χ0v) is 12.8. The highest BCUT2D eigenvalue weighted by atomic mass is 32.2. The Labute approximate surface area is 133 Å². The van der Waals surface area contributed by atoms with Gasteiger partial charge in [-0.2, -0.15) is 0 Å². The van der Waals surface area contributed by atoms with E-state index in [0.717, 1.165) is 10.6 Å². The average Bonchev–Trinajstić information content (AvgIpc) is 2.53. The molecule has 0 aromatic heterocycles. The van der Waals surface area contributed by atoms with Crippen LogP contribution in [0.4, 0.5) is 5.69 Å². The van der Waals surface area contributed by atoms with Crippen molar-refractivity contribution in [2.45, 2.75) is 23.5 Å². The molecule has 5 heteroatoms. The molecule has 0 heterocycles. The molecule has 0 saturated heterocycles. The number of carbonyl (C=O) groups excluding carboxylic acids is 1. The summed E-state index contributed by atoms with van der Waals surface area (Å²) in [5.41, 5.74) is 1.94. The van der Waals surface area contributed by atoms with E-state index in [9.17, 15) is 9.59 Å². The molecule has 0 bridgehead atoms. The van der Waals surface area contributed by atoms with E-state index in [1.54, 1.807) is 11.8 Å². The summed E-state index contributed by atoms with van der Waals surface area (Å²) < 4.78 is 0. The molecule has 0 unspecified atom stereocenters. The normalized spacial score (nSPS) is 10.2. The van der Waals surface area contributed by atoms with Gasteiger partial charge < -0.3 is 10.4 Å². The topological polar surface area (TPSA) is 66.4 Å². The predicted octanol–water partition coefficient (Wildman–Crippen LogP) is 3.78. The Kier molecular flexibility index (Phi) is 6.03. The molecule has 114 valence electrons. The summed E-state index contributed by atoms with van der Waals surface area (Å²) in [4.78, 5) is 23.1. The number of carboxylic acids is 1. The van der Waals surface area contributed by atoms with Crippen molar-refractivity contribution in [3.8, 4) is 0 Å². The minimum absolute atomic E-state index is 0.0140. The van der Waals surface area contributed by atoms with E-state index < -0.39 is 5.97 Å². The molecule has 1 amide bonds. The van der Waals surface area contributed by atoms with Crippen molar-refractivity contribution in [3.05, 3.63) is 60.2 Å². The lowest BCUT2D eigenvalue weighted by Crippen LogP contribution is -2.12. The van der Waals surface area contributed by atoms with Crippen molar-refractivity contribution < 1.29 is 14.7 Å². The highest BCUT2D eigenvalue weighted by Crippen LogP contribution is 2.24. The van der Waals surface area contributed by atoms with Crippen molar-refractivity contribution in [2.24, 2.45) is 0 Å². The van der Waals surface area contributed by atoms with Gasteiger partial charge in [-0.3, -0.25) is 9.59 Å². The summed E-state index contributed by atoms with van der Waals surface area (Å²) in [5, 5.41) is 11.2. The Morgan fingerprint density at radius 1 is 0.955 bits per heavy atom. The van der Waals surface area contributed by atoms with E-state index in [1.807, 2.05) is 42.5 Å². The Morgan fingerprint density at radius 3 is 2.27 bits per heavy atom. The van der Waals surface area contributed by atoms with Crippen LogP contribution in [0.25, 0.3) is 0 Å². The second kappa shape index (κ2) is 8.24. The molecule has 2 aromatic carbocycles. The fourth-order valence-electron chi connectivity index (χ4n) is 1.82. The number of rotatable bonds is 7. The van der Waals surface area contributed by atoms with E-state index in [-0.39, 0.29) is 18.7 Å². The zero-order chi connectivity index (χ0) is 15.8. The number of benzene rings is 2. The fraction of sp³-hybridized carbons (Fsp3) is 0.176. The third kappa shape index (κ3) is 5.61. The fourth-order valence-corrected chi connectivity index (χ4v) is 2.67. The minimum Gasteiger partial charge on any atom is -0.481 e. The van der Waals surface area contributed by atoms with Crippen molar-refractivity contribution >= 4 is 29.3 Å². The van der Waals surface area contributed by atoms with Gasteiger partial charge in [0, 0.05) is 22.8 Å². The number of hydrogen-bond donors (Lipinski definition) is 2. The highest BCUT2D eigenvalue weighted by Gasteiger charge is 2.05. The van der Waals surface area contributed by atoms with Gasteiger partial charge in [-0.05, 0) is 29.8 Å². The molecule has 4 nitrogen and oxygen atoms in total. The molecular weight excluding hydrogens is 298 g/mol. The molecule has 2 aromatic rings. The highest BCUT2D eigenvalue weighted by molar-refractivity contribution is 7.98. The summed E-state index contributed by atoms with van der Waals surface area (Å²) in [6.07, 6.45) is -0.170. The molecule has 2 rings (SSSR count). The molecule has 2 N–H and O–H groups in total. The Morgan fingerprint density at radius 2 is 1.64 bits per heavy atom. The molecule has 22 heavy (non-hydrogen) atoms. The van der Waals surface area contributed by atoms with Crippen LogP contribution >= 0.6 is 11.8 Å². The van der Waals surface area contributed by atoms with Gasteiger partial charge in [-0.1, -0.05) is 30.3 Å². The molecule has 0 atom stereocenters. The van der Waals surface area contributed by atoms with Gasteiger partial charge >= 0.3 is 5.97 Å². The van der Waals surface area contributed by atoms with Crippen molar-refractivity contribution in [1.29, 1.82) is 0 Å². The first-order valence-corrected chi connectivity index (χ1v) is 7.90. The molecular formula is C17H17NO3S. The van der Waals surface area contributed by atoms with Crippen LogP contribution in [0.2, 0.25) is 0 Å². The van der Waals surface area contributed by atoms with E-state index in [1.165, 1.54) is 5.56 Å². The van der Waals surface area contributed by atoms with E-state index in [2.05, 4.69) is 17.4 Å². The molecule has 0 spiro atoms. The quantitative estimate of drug-likeness (QED) is 0.763. The lowest BCUT2D eigenvalue weighted by atomic mass is 10.2. The average molecular weight is 315 g/mol. The molecule has 0 aliphatic rings. The third-order valence-corrected chi connectivity index (χ3v) is 4.04. The first kappa shape index (κ1) is 16.1. The summed E-state index contributed by atoms with van der Waals surface area (Å²) in [6, 6.07) is 17.8. The monoisotopic (exact) mass is 315 g/mol. The number of anilines is 1. The minimum atomic E-state index is -0.970. The Hall–Kier alpha value is -2.27. The summed E-state index contributed by atoms with van der Waals surface area (Å²) >= 11 is 1.72. The van der Waals surface area contributed by atoms with Gasteiger partial charge in [0.2, 0.25) is 5.91 Å². The van der Waals surface area contributed by atoms with Crippen LogP contribution in [-0.4, -0.2) is 17.0 Å². The maximum absolute atomic E-state index is 11.5. The van der Waals surface area contributed by atoms with Gasteiger partial charge in [-0.15, -0.1) is 11.8 Å². The number of aliphatic carboxylic acids is 1. The first-order chi connectivity index (χ1) is 10.6. The van der Waals surface area contributed by atoms with E-state index >= 15 is 0 Å². The number of carboxylic acid groups (broad SMARTS) is 1. The lowest BCUT2D eigenvalue weighted by Gasteiger charge is -2.06. The second-order valence-electron chi connectivity index (χ2n) is 4.74. The van der Waals surface area contributed by atoms with Crippen LogP contribution in [0.5, 0.6) is 0 Å². The van der Waals surface area contributed by atoms with Crippen molar-refractivity contribution in [2.75, 3.05) is 5.32 Å². The van der Waals surface area contributed by atoms with Gasteiger partial charge in [0.05, 0.1) is 6.42 Å². The van der Waals surface area contributed by atoms with Crippen molar-refractivity contribution in [1.82, 2.24) is 0 Å². The van der Waals surface area contributed by atoms with Crippen molar-refractivity contribution in [3.63, 3.8) is 0 Å². The van der Waals surface area contributed by atoms with Gasteiger partial charge in [0.25, 0.3) is 0 Å². The number of thioether (sulfide) groups is 1. The SMILES string of the molecule is O=C(O)CCC(=O)Nc1ccc(SCc2ccccc2)cc1. The van der Waals surface area contributed by atoms with Crippen LogP contribution in [0.1, 0.15) is 18.4 Å². The van der Waals surface area contributed by atoms with Crippen LogP contribution in [0.3, 0.4) is 0 Å². The first-order valence-electron chi connectivity index (χ1n) is 6.92. The zero-order valence-electron chi connectivity index (χ0n) is 12.0. The molecule has 0 aliphatic heterocycles. The smallest absolute Gasteiger partial charge is 0.303 e. The standard InChI is InChI=1S/C17H17NO3S/c19-16(10-11-17(20)21)18-14-6-8-15(9-7-14)22-12-13-4-2-1-3-5-13/h1-9H,10-12H2,(H,18,19)(H,20,21). The maximum atomic E-state index is 11.5. The van der Waals surface area contributed by atoms with Gasteiger partial charge in [0.1, 0.15) is 0 Å². The second-order valence-corrected chi connectivity index (χ2v) is 5.79. The largest absolute Gasteiger partial charge is 0.481 e. The van der Waals surface area contributed by atoms with Crippen LogP contribution in [0.15, 0.2) is 59.5 Å². The van der Waals surface area contributed by atoms with Crippen LogP contribution in [-0.2, 0) is 15.3 Å². The van der Waals surface area contributed by atoms with Gasteiger partial charge in [0.15, 0.2) is 0 Å². The lowest BCUT2D eigenvalue weighted by molar-refractivity contribution is -0.138. The van der Waals surface area contributed by atoms with Crippen LogP contribution in [0, 0.1) is 0 Å². The molecule has 0 fully saturated rings. The molecule has 0 radical (unpaired) electrons. The summed E-state index contributed by atoms with van der Waals surface area (Å²) in [7, 11) is 0. The number of hydrogen-bond acceptors (Lipinski definition) is 3. The number of amides is 1. The predicted molar refractivity (Wildman–Crippen MR) is 87.9 cm³/mol. The maximum Gasteiger partial charge on any atom is 0.303 e. The Balaban J connectivity index is 1.82. The van der Waals surface area contributed by atoms with Crippen LogP contribution < -0.4 is 5.32 Å². The van der Waals surface area contributed by atoms with E-state index in [4.69, 9.17) is 5.11 Å². The number of carbonyl (C=O) groups is 2. The number of nitrogens with one attached hydrogen (secondary N) is 1. The van der Waals surface area contributed by atoms with E-state index in [0.29, 0.717) is 5.69 Å². The third-order valence-electron chi connectivity index (χ3n) is 2.95. The van der Waals surface area contributed by atoms with Gasteiger partial charge in [-0.25, -0.2) is 0 Å².